The molecule has 0 saturated carbocycles. The van der Waals surface area contributed by atoms with Gasteiger partial charge in [-0.2, -0.15) is 0 Å². The highest BCUT2D eigenvalue weighted by Crippen LogP contribution is 2.25. The Labute approximate surface area is 229 Å². The molecule has 2 fully saturated rings. The van der Waals surface area contributed by atoms with Crippen molar-refractivity contribution in [3.05, 3.63) is 0 Å². The number of likely N-dealkylation sites (tertiary alicyclic amines) is 2. The molecule has 10 heteroatoms. The van der Waals surface area contributed by atoms with Gasteiger partial charge in [-0.25, -0.2) is 4.79 Å². The number of likely N-dealkylation sites (N-methyl/N-ethyl adjacent to an activating group) is 3. The maximum Gasteiger partial charge on any atom is 0.326 e. The summed E-state index contributed by atoms with van der Waals surface area (Å²) in [6, 6.07) is -1.88. The molecule has 10 nitrogen and oxygen atoms in total. The van der Waals surface area contributed by atoms with E-state index >= 15 is 0 Å². The average molecular weight is 538 g/mol. The first-order valence-corrected chi connectivity index (χ1v) is 14.1. The lowest BCUT2D eigenvalue weighted by molar-refractivity contribution is -0.152. The third-order valence-corrected chi connectivity index (χ3v) is 8.10. The van der Waals surface area contributed by atoms with Crippen LogP contribution in [0.15, 0.2) is 0 Å². The van der Waals surface area contributed by atoms with E-state index in [2.05, 4.69) is 10.2 Å². The molecule has 2 saturated heterocycles. The minimum atomic E-state index is -0.958. The minimum Gasteiger partial charge on any atom is -0.480 e. The monoisotopic (exact) mass is 537 g/mol. The van der Waals surface area contributed by atoms with Crippen molar-refractivity contribution < 1.29 is 24.3 Å². The molecule has 0 aliphatic carbocycles. The summed E-state index contributed by atoms with van der Waals surface area (Å²) in [6.07, 6.45) is 4.96. The topological polar surface area (TPSA) is 113 Å². The molecular formula is C28H51N5O5. The number of hydrogen-bond donors (Lipinski definition) is 2. The Hall–Kier alpha value is -2.20. The lowest BCUT2D eigenvalue weighted by Gasteiger charge is -2.41. The van der Waals surface area contributed by atoms with E-state index < -0.39 is 23.5 Å². The fraction of sp³-hybridized carbons (Fsp3) is 0.857. The first-order chi connectivity index (χ1) is 17.6. The number of aliphatic carboxylic acids is 1. The zero-order valence-corrected chi connectivity index (χ0v) is 24.8. The van der Waals surface area contributed by atoms with Crippen molar-refractivity contribution in [3.63, 3.8) is 0 Å². The van der Waals surface area contributed by atoms with Crippen LogP contribution in [-0.4, -0.2) is 120 Å². The molecule has 38 heavy (non-hydrogen) atoms. The number of carboxylic acids is 1. The molecule has 0 aromatic heterocycles. The Morgan fingerprint density at radius 2 is 1.55 bits per heavy atom. The van der Waals surface area contributed by atoms with Gasteiger partial charge in [-0.1, -0.05) is 41.0 Å². The number of piperidine rings is 2. The smallest absolute Gasteiger partial charge is 0.326 e. The van der Waals surface area contributed by atoms with Crippen LogP contribution in [0, 0.1) is 11.3 Å². The molecule has 2 aliphatic rings. The normalized spacial score (nSPS) is 22.7. The number of amides is 3. The van der Waals surface area contributed by atoms with Crippen molar-refractivity contribution in [2.45, 2.75) is 97.3 Å². The number of rotatable bonds is 10. The second-order valence-corrected chi connectivity index (χ2v) is 12.7. The van der Waals surface area contributed by atoms with Crippen LogP contribution in [0.2, 0.25) is 0 Å². The first-order valence-electron chi connectivity index (χ1n) is 14.1. The predicted molar refractivity (Wildman–Crippen MR) is 148 cm³/mol. The predicted octanol–water partition coefficient (Wildman–Crippen LogP) is 1.88. The quantitative estimate of drug-likeness (QED) is 0.437. The Balaban J connectivity index is 2.11. The van der Waals surface area contributed by atoms with Crippen molar-refractivity contribution >= 4 is 23.7 Å². The van der Waals surface area contributed by atoms with Crippen LogP contribution in [0.25, 0.3) is 0 Å². The third-order valence-electron chi connectivity index (χ3n) is 8.10. The molecule has 3 amide bonds. The summed E-state index contributed by atoms with van der Waals surface area (Å²) in [5, 5.41) is 12.6. The maximum absolute atomic E-state index is 13.8. The van der Waals surface area contributed by atoms with Crippen molar-refractivity contribution in [2.24, 2.45) is 11.3 Å². The molecule has 0 radical (unpaired) electrons. The van der Waals surface area contributed by atoms with Gasteiger partial charge in [-0.05, 0) is 64.1 Å². The molecular weight excluding hydrogens is 486 g/mol. The molecule has 0 bridgehead atoms. The lowest BCUT2D eigenvalue weighted by Crippen LogP contribution is -2.60. The van der Waals surface area contributed by atoms with Crippen molar-refractivity contribution in [1.29, 1.82) is 0 Å². The summed E-state index contributed by atoms with van der Waals surface area (Å²) in [5.74, 6) is -1.31. The van der Waals surface area contributed by atoms with Crippen LogP contribution < -0.4 is 5.32 Å². The summed E-state index contributed by atoms with van der Waals surface area (Å²) in [6.45, 7) is 11.8. The van der Waals surface area contributed by atoms with Gasteiger partial charge in [0.15, 0.2) is 0 Å². The van der Waals surface area contributed by atoms with Crippen LogP contribution >= 0.6 is 0 Å². The number of nitrogens with zero attached hydrogens (tertiary/aromatic N) is 4. The van der Waals surface area contributed by atoms with E-state index in [1.54, 1.807) is 11.9 Å². The highest BCUT2D eigenvalue weighted by atomic mass is 16.4. The Morgan fingerprint density at radius 3 is 2.08 bits per heavy atom. The molecule has 4 atom stereocenters. The number of nitrogens with one attached hydrogen (secondary N) is 1. The van der Waals surface area contributed by atoms with E-state index in [-0.39, 0.29) is 42.3 Å². The fourth-order valence-electron chi connectivity index (χ4n) is 5.63. The Kier molecular flexibility index (Phi) is 11.6. The highest BCUT2D eigenvalue weighted by molar-refractivity contribution is 5.90. The minimum absolute atomic E-state index is 0.0858. The van der Waals surface area contributed by atoms with Crippen LogP contribution in [0.1, 0.15) is 73.1 Å². The first kappa shape index (κ1) is 32.0. The van der Waals surface area contributed by atoms with E-state index in [1.165, 1.54) is 4.90 Å². The van der Waals surface area contributed by atoms with Gasteiger partial charge in [0.05, 0.1) is 12.6 Å². The van der Waals surface area contributed by atoms with Crippen molar-refractivity contribution in [2.75, 3.05) is 47.3 Å². The Bertz CT molecular complexity index is 842. The van der Waals surface area contributed by atoms with E-state index in [9.17, 15) is 24.3 Å². The van der Waals surface area contributed by atoms with Gasteiger partial charge in [-0.15, -0.1) is 0 Å². The SMILES string of the molecule is CC(C)[C@@H](CN(C)CC(=O)N1CCCC[C@H]1C(=O)O)N(C)C(=O)C(NC(=O)C1CCCCN1C)C(C)(C)C. The molecule has 2 N–H and O–H groups in total. The van der Waals surface area contributed by atoms with E-state index in [0.29, 0.717) is 19.5 Å². The van der Waals surface area contributed by atoms with Crippen molar-refractivity contribution in [1.82, 2.24) is 24.9 Å². The molecule has 218 valence electrons. The lowest BCUT2D eigenvalue weighted by atomic mass is 9.84. The summed E-state index contributed by atoms with van der Waals surface area (Å²) in [5.41, 5.74) is -0.488. The second-order valence-electron chi connectivity index (χ2n) is 12.7. The van der Waals surface area contributed by atoms with Crippen LogP contribution in [0.4, 0.5) is 0 Å². The number of hydrogen-bond acceptors (Lipinski definition) is 6. The summed E-state index contributed by atoms with van der Waals surface area (Å²) < 4.78 is 0. The molecule has 2 heterocycles. The van der Waals surface area contributed by atoms with Crippen LogP contribution in [0.3, 0.4) is 0 Å². The number of carbonyl (C=O) groups excluding carboxylic acids is 3. The van der Waals surface area contributed by atoms with E-state index in [1.807, 2.05) is 53.6 Å². The summed E-state index contributed by atoms with van der Waals surface area (Å²) >= 11 is 0. The molecule has 2 aliphatic heterocycles. The summed E-state index contributed by atoms with van der Waals surface area (Å²) in [7, 11) is 5.55. The van der Waals surface area contributed by atoms with Crippen LogP contribution in [0.5, 0.6) is 0 Å². The van der Waals surface area contributed by atoms with Gasteiger partial charge in [-0.3, -0.25) is 24.2 Å². The Morgan fingerprint density at radius 1 is 0.974 bits per heavy atom. The number of carbonyl (C=O) groups is 4. The standard InChI is InChI=1S/C28H51N5O5/c1-19(2)22(17-30(6)18-23(34)33-16-12-10-14-21(33)27(37)38)32(8)26(36)24(28(3,4)5)29-25(35)20-13-9-11-15-31(20)7/h19-22,24H,9-18H2,1-8H3,(H,29,35)(H,37,38)/t20?,21-,22+,24?/m0/s1. The molecule has 0 spiro atoms. The van der Waals surface area contributed by atoms with E-state index in [4.69, 9.17) is 0 Å². The molecule has 2 unspecified atom stereocenters. The van der Waals surface area contributed by atoms with Gasteiger partial charge in [0.2, 0.25) is 17.7 Å². The van der Waals surface area contributed by atoms with E-state index in [0.717, 1.165) is 38.6 Å². The summed E-state index contributed by atoms with van der Waals surface area (Å²) in [4.78, 5) is 58.8. The largest absolute Gasteiger partial charge is 0.480 e. The van der Waals surface area contributed by atoms with Gasteiger partial charge < -0.3 is 20.2 Å². The zero-order chi connectivity index (χ0) is 28.8. The fourth-order valence-corrected chi connectivity index (χ4v) is 5.63. The van der Waals surface area contributed by atoms with Crippen molar-refractivity contribution in [3.8, 4) is 0 Å². The molecule has 0 aromatic carbocycles. The third kappa shape index (κ3) is 8.40. The molecule has 2 rings (SSSR count). The second kappa shape index (κ2) is 13.7. The van der Waals surface area contributed by atoms with Gasteiger partial charge in [0, 0.05) is 26.2 Å². The van der Waals surface area contributed by atoms with Crippen LogP contribution in [-0.2, 0) is 19.2 Å². The zero-order valence-electron chi connectivity index (χ0n) is 24.8. The highest BCUT2D eigenvalue weighted by Gasteiger charge is 2.40. The number of carboxylic acid groups (broad SMARTS) is 1. The van der Waals surface area contributed by atoms with Gasteiger partial charge >= 0.3 is 5.97 Å². The van der Waals surface area contributed by atoms with Gasteiger partial charge in [0.25, 0.3) is 0 Å². The van der Waals surface area contributed by atoms with Gasteiger partial charge in [0.1, 0.15) is 12.1 Å². The average Bonchev–Trinajstić information content (AvgIpc) is 2.84. The maximum atomic E-state index is 13.8. The molecule has 0 aromatic rings.